The standard InChI is InChI=1S/C11H15N5O2/c1-5-2-7(9(18)8(5)17)16-11-6(3-15-16)10(12)13-4-14-11/h3-5,7-9,17-18H,2H2,1H3,(H2,12,13,14)/t5-,7+,8+,9-/m1/s1. The van der Waals surface area contributed by atoms with E-state index in [-0.39, 0.29) is 12.0 Å². The zero-order valence-electron chi connectivity index (χ0n) is 9.93. The van der Waals surface area contributed by atoms with Crippen molar-refractivity contribution in [3.63, 3.8) is 0 Å². The lowest BCUT2D eigenvalue weighted by molar-refractivity contribution is 0.00795. The Labute approximate surface area is 103 Å². The summed E-state index contributed by atoms with van der Waals surface area (Å²) in [6.07, 6.45) is 2.06. The van der Waals surface area contributed by atoms with Crippen LogP contribution in [0, 0.1) is 5.92 Å². The van der Waals surface area contributed by atoms with E-state index in [4.69, 9.17) is 5.73 Å². The summed E-state index contributed by atoms with van der Waals surface area (Å²) in [4.78, 5) is 8.05. The van der Waals surface area contributed by atoms with Crippen LogP contribution < -0.4 is 5.73 Å². The van der Waals surface area contributed by atoms with E-state index in [2.05, 4.69) is 15.1 Å². The molecule has 1 fully saturated rings. The Kier molecular flexibility index (Phi) is 2.46. The van der Waals surface area contributed by atoms with Crippen LogP contribution in [0.15, 0.2) is 12.5 Å². The third kappa shape index (κ3) is 1.48. The molecule has 0 spiro atoms. The molecule has 0 unspecified atom stereocenters. The first-order valence-corrected chi connectivity index (χ1v) is 5.89. The number of anilines is 1. The van der Waals surface area contributed by atoms with Crippen LogP contribution in [0.2, 0.25) is 0 Å². The molecule has 0 amide bonds. The molecule has 2 aromatic heterocycles. The largest absolute Gasteiger partial charge is 0.390 e. The summed E-state index contributed by atoms with van der Waals surface area (Å²) in [7, 11) is 0. The van der Waals surface area contributed by atoms with Gasteiger partial charge < -0.3 is 15.9 Å². The third-order valence-electron chi connectivity index (χ3n) is 3.68. The number of aromatic nitrogens is 4. The number of hydrogen-bond acceptors (Lipinski definition) is 6. The molecule has 18 heavy (non-hydrogen) atoms. The number of fused-ring (bicyclic) bond motifs is 1. The van der Waals surface area contributed by atoms with Crippen molar-refractivity contribution in [2.24, 2.45) is 5.92 Å². The predicted molar refractivity (Wildman–Crippen MR) is 64.6 cm³/mol. The topological polar surface area (TPSA) is 110 Å². The molecule has 0 aromatic carbocycles. The van der Waals surface area contributed by atoms with Gasteiger partial charge in [0.05, 0.1) is 23.7 Å². The van der Waals surface area contributed by atoms with Crippen LogP contribution >= 0.6 is 0 Å². The maximum Gasteiger partial charge on any atom is 0.163 e. The molecule has 2 heterocycles. The van der Waals surface area contributed by atoms with Gasteiger partial charge in [-0.2, -0.15) is 5.10 Å². The average molecular weight is 249 g/mol. The van der Waals surface area contributed by atoms with Gasteiger partial charge in [0, 0.05) is 0 Å². The molecule has 7 nitrogen and oxygen atoms in total. The van der Waals surface area contributed by atoms with E-state index in [0.717, 1.165) is 0 Å². The van der Waals surface area contributed by atoms with Crippen molar-refractivity contribution < 1.29 is 10.2 Å². The van der Waals surface area contributed by atoms with Crippen molar-refractivity contribution in [3.8, 4) is 0 Å². The Morgan fingerprint density at radius 1 is 1.33 bits per heavy atom. The Bertz CT molecular complexity index is 584. The van der Waals surface area contributed by atoms with Gasteiger partial charge in [0.15, 0.2) is 5.65 Å². The number of nitrogen functional groups attached to an aromatic ring is 1. The molecule has 7 heteroatoms. The maximum absolute atomic E-state index is 10.0. The Balaban J connectivity index is 2.08. The highest BCUT2D eigenvalue weighted by Crippen LogP contribution is 2.36. The fourth-order valence-corrected chi connectivity index (χ4v) is 2.59. The summed E-state index contributed by atoms with van der Waals surface area (Å²) in [6, 6.07) is -0.276. The van der Waals surface area contributed by atoms with E-state index < -0.39 is 12.2 Å². The van der Waals surface area contributed by atoms with Gasteiger partial charge in [-0.3, -0.25) is 0 Å². The van der Waals surface area contributed by atoms with Crippen molar-refractivity contribution >= 4 is 16.9 Å². The number of aliphatic hydroxyl groups excluding tert-OH is 2. The minimum atomic E-state index is -0.834. The van der Waals surface area contributed by atoms with E-state index >= 15 is 0 Å². The second-order valence-corrected chi connectivity index (χ2v) is 4.85. The lowest BCUT2D eigenvalue weighted by Gasteiger charge is -2.17. The number of hydrogen-bond donors (Lipinski definition) is 3. The average Bonchev–Trinajstić information content (AvgIpc) is 2.88. The molecule has 4 atom stereocenters. The summed E-state index contributed by atoms with van der Waals surface area (Å²) in [6.45, 7) is 1.91. The number of nitrogens with two attached hydrogens (primary N) is 1. The SMILES string of the molecule is C[C@@H]1C[C@H](n2ncc3c(N)ncnc32)[C@@H](O)[C@H]1O. The zero-order valence-corrected chi connectivity index (χ0v) is 9.93. The molecule has 0 aliphatic heterocycles. The molecule has 0 saturated heterocycles. The van der Waals surface area contributed by atoms with Crippen LogP contribution in [0.5, 0.6) is 0 Å². The van der Waals surface area contributed by atoms with E-state index in [0.29, 0.717) is 23.3 Å². The molecular formula is C11H15N5O2. The van der Waals surface area contributed by atoms with Crippen LogP contribution in [0.4, 0.5) is 5.82 Å². The molecule has 96 valence electrons. The Morgan fingerprint density at radius 2 is 2.11 bits per heavy atom. The Hall–Kier alpha value is -1.73. The van der Waals surface area contributed by atoms with Crippen LogP contribution in [0.25, 0.3) is 11.0 Å². The highest BCUT2D eigenvalue weighted by molar-refractivity contribution is 5.84. The molecule has 3 rings (SSSR count). The van der Waals surface area contributed by atoms with E-state index in [9.17, 15) is 10.2 Å². The molecular weight excluding hydrogens is 234 g/mol. The minimum Gasteiger partial charge on any atom is -0.390 e. The van der Waals surface area contributed by atoms with E-state index in [1.807, 2.05) is 6.92 Å². The molecule has 0 bridgehead atoms. The summed E-state index contributed by atoms with van der Waals surface area (Å²) >= 11 is 0. The number of rotatable bonds is 1. The summed E-state index contributed by atoms with van der Waals surface area (Å²) in [5.41, 5.74) is 6.33. The van der Waals surface area contributed by atoms with Gasteiger partial charge >= 0.3 is 0 Å². The lowest BCUT2D eigenvalue weighted by Crippen LogP contribution is -2.29. The molecule has 2 aromatic rings. The van der Waals surface area contributed by atoms with Gasteiger partial charge in [-0.1, -0.05) is 6.92 Å². The van der Waals surface area contributed by atoms with Crippen LogP contribution in [0.1, 0.15) is 19.4 Å². The second-order valence-electron chi connectivity index (χ2n) is 4.85. The second kappa shape index (κ2) is 3.89. The van der Waals surface area contributed by atoms with Gasteiger partial charge in [-0.15, -0.1) is 0 Å². The first kappa shape index (κ1) is 11.4. The minimum absolute atomic E-state index is 0.0310. The molecule has 4 N–H and O–H groups in total. The van der Waals surface area contributed by atoms with Crippen molar-refractivity contribution in [1.82, 2.24) is 19.7 Å². The molecule has 1 saturated carbocycles. The van der Waals surface area contributed by atoms with Crippen LogP contribution in [0.3, 0.4) is 0 Å². The van der Waals surface area contributed by atoms with Crippen molar-refractivity contribution in [2.75, 3.05) is 5.73 Å². The quantitative estimate of drug-likeness (QED) is 0.640. The maximum atomic E-state index is 10.0. The van der Waals surface area contributed by atoms with Crippen molar-refractivity contribution in [2.45, 2.75) is 31.6 Å². The van der Waals surface area contributed by atoms with E-state index in [1.165, 1.54) is 6.33 Å². The fraction of sp³-hybridized carbons (Fsp3) is 0.545. The van der Waals surface area contributed by atoms with E-state index in [1.54, 1.807) is 10.9 Å². The molecule has 1 aliphatic carbocycles. The van der Waals surface area contributed by atoms with Crippen LogP contribution in [-0.4, -0.2) is 42.2 Å². The monoisotopic (exact) mass is 249 g/mol. The predicted octanol–water partition coefficient (Wildman–Crippen LogP) is -0.289. The highest BCUT2D eigenvalue weighted by atomic mass is 16.3. The zero-order chi connectivity index (χ0) is 12.9. The van der Waals surface area contributed by atoms with Gasteiger partial charge in [-0.05, 0) is 12.3 Å². The van der Waals surface area contributed by atoms with Crippen molar-refractivity contribution in [3.05, 3.63) is 12.5 Å². The van der Waals surface area contributed by atoms with Gasteiger partial charge in [0.2, 0.25) is 0 Å². The first-order valence-electron chi connectivity index (χ1n) is 5.89. The first-order chi connectivity index (χ1) is 8.59. The van der Waals surface area contributed by atoms with Crippen LogP contribution in [-0.2, 0) is 0 Å². The normalized spacial score (nSPS) is 32.2. The number of aliphatic hydroxyl groups is 2. The molecule has 1 aliphatic rings. The van der Waals surface area contributed by atoms with Crippen molar-refractivity contribution in [1.29, 1.82) is 0 Å². The van der Waals surface area contributed by atoms with Gasteiger partial charge in [0.25, 0.3) is 0 Å². The molecule has 0 radical (unpaired) electrons. The summed E-state index contributed by atoms with van der Waals surface area (Å²) in [5.74, 6) is 0.399. The lowest BCUT2D eigenvalue weighted by atomic mass is 10.1. The Morgan fingerprint density at radius 3 is 2.78 bits per heavy atom. The summed E-state index contributed by atoms with van der Waals surface area (Å²) in [5, 5.41) is 24.7. The van der Waals surface area contributed by atoms with Gasteiger partial charge in [0.1, 0.15) is 18.2 Å². The number of nitrogens with zero attached hydrogens (tertiary/aromatic N) is 4. The summed E-state index contributed by atoms with van der Waals surface area (Å²) < 4.78 is 1.63. The third-order valence-corrected chi connectivity index (χ3v) is 3.68. The van der Waals surface area contributed by atoms with Gasteiger partial charge in [-0.25, -0.2) is 14.6 Å². The highest BCUT2D eigenvalue weighted by Gasteiger charge is 2.41. The fourth-order valence-electron chi connectivity index (χ4n) is 2.59. The smallest absolute Gasteiger partial charge is 0.163 e.